The van der Waals surface area contributed by atoms with Crippen LogP contribution in [0.25, 0.3) is 33.3 Å². The molecule has 0 aliphatic carbocycles. The summed E-state index contributed by atoms with van der Waals surface area (Å²) in [4.78, 5) is 21.0. The minimum atomic E-state index is -1.00. The van der Waals surface area contributed by atoms with E-state index in [0.717, 1.165) is 33.4 Å². The predicted octanol–water partition coefficient (Wildman–Crippen LogP) is 6.69. The number of azo groups is 1. The highest BCUT2D eigenvalue weighted by Gasteiger charge is 2.19. The number of benzene rings is 4. The molecule has 39 heavy (non-hydrogen) atoms. The van der Waals surface area contributed by atoms with Crippen molar-refractivity contribution in [1.29, 1.82) is 0 Å². The van der Waals surface area contributed by atoms with Crippen LogP contribution in [0.2, 0.25) is 0 Å². The molecule has 2 heterocycles. The van der Waals surface area contributed by atoms with Gasteiger partial charge in [0.25, 0.3) is 6.01 Å². The molecule has 192 valence electrons. The molecule has 8 nitrogen and oxygen atoms in total. The van der Waals surface area contributed by atoms with Crippen LogP contribution in [-0.2, 0) is 6.54 Å². The van der Waals surface area contributed by atoms with Crippen molar-refractivity contribution in [2.24, 2.45) is 15.2 Å². The molecule has 4 aromatic carbocycles. The number of carbonyl (C=O) groups is 1. The Labute approximate surface area is 225 Å². The van der Waals surface area contributed by atoms with Gasteiger partial charge in [0.05, 0.1) is 29.7 Å². The molecule has 0 spiro atoms. The Kier molecular flexibility index (Phi) is 6.42. The second-order valence-corrected chi connectivity index (χ2v) is 9.08. The van der Waals surface area contributed by atoms with E-state index >= 15 is 0 Å². The summed E-state index contributed by atoms with van der Waals surface area (Å²) in [5.41, 5.74) is 7.48. The largest absolute Gasteiger partial charge is 0.478 e. The Balaban J connectivity index is 1.40. The quantitative estimate of drug-likeness (QED) is 0.249. The Morgan fingerprint density at radius 1 is 0.897 bits per heavy atom. The fourth-order valence-corrected chi connectivity index (χ4v) is 4.85. The molecular weight excluding hydrogens is 490 g/mol. The van der Waals surface area contributed by atoms with Crippen LogP contribution in [-0.4, -0.2) is 39.7 Å². The monoisotopic (exact) mass is 515 g/mol. The Morgan fingerprint density at radius 3 is 2.41 bits per heavy atom. The molecule has 0 bridgehead atoms. The number of hydrogen-bond donors (Lipinski definition) is 1. The minimum absolute atomic E-state index is 0.191. The van der Waals surface area contributed by atoms with Crippen molar-refractivity contribution in [2.45, 2.75) is 13.5 Å². The average Bonchev–Trinajstić information content (AvgIpc) is 3.62. The van der Waals surface area contributed by atoms with Gasteiger partial charge < -0.3 is 9.84 Å². The van der Waals surface area contributed by atoms with E-state index in [1.165, 1.54) is 0 Å². The first-order valence-corrected chi connectivity index (χ1v) is 12.7. The molecule has 0 saturated carbocycles. The van der Waals surface area contributed by atoms with Gasteiger partial charge in [0, 0.05) is 5.56 Å². The van der Waals surface area contributed by atoms with Crippen molar-refractivity contribution in [3.05, 3.63) is 108 Å². The Morgan fingerprint density at radius 2 is 1.69 bits per heavy atom. The molecule has 0 atom stereocenters. The van der Waals surface area contributed by atoms with E-state index in [4.69, 9.17) is 4.74 Å². The molecule has 0 radical (unpaired) electrons. The van der Waals surface area contributed by atoms with E-state index < -0.39 is 5.97 Å². The number of aromatic nitrogens is 2. The second-order valence-electron chi connectivity index (χ2n) is 9.08. The topological polar surface area (TPSA) is 101 Å². The number of carboxylic acid groups (broad SMARTS) is 1. The van der Waals surface area contributed by atoms with Crippen molar-refractivity contribution < 1.29 is 14.6 Å². The van der Waals surface area contributed by atoms with Crippen LogP contribution in [0, 0.1) is 0 Å². The van der Waals surface area contributed by atoms with Crippen molar-refractivity contribution in [3.63, 3.8) is 0 Å². The van der Waals surface area contributed by atoms with Gasteiger partial charge >= 0.3 is 5.97 Å². The third kappa shape index (κ3) is 4.68. The van der Waals surface area contributed by atoms with Crippen LogP contribution < -0.4 is 4.74 Å². The van der Waals surface area contributed by atoms with E-state index in [2.05, 4.69) is 56.6 Å². The maximum atomic E-state index is 12.0. The highest BCUT2D eigenvalue weighted by Crippen LogP contribution is 2.32. The number of aromatic carboxylic acids is 1. The average molecular weight is 516 g/mol. The molecule has 0 saturated heterocycles. The van der Waals surface area contributed by atoms with Gasteiger partial charge in [-0.2, -0.15) is 10.1 Å². The van der Waals surface area contributed by atoms with E-state index in [1.54, 1.807) is 18.2 Å². The van der Waals surface area contributed by atoms with Crippen molar-refractivity contribution >= 4 is 22.8 Å². The maximum Gasteiger partial charge on any atom is 0.337 e. The summed E-state index contributed by atoms with van der Waals surface area (Å²) in [6, 6.07) is 30.2. The summed E-state index contributed by atoms with van der Waals surface area (Å²) in [6.45, 7) is 3.06. The molecule has 6 rings (SSSR count). The number of imidazole rings is 1. The van der Waals surface area contributed by atoms with E-state index in [-0.39, 0.29) is 5.56 Å². The normalized spacial score (nSPS) is 12.6. The zero-order valence-electron chi connectivity index (χ0n) is 21.3. The van der Waals surface area contributed by atoms with Crippen LogP contribution in [0.3, 0.4) is 0 Å². The number of amidine groups is 1. The molecule has 0 fully saturated rings. The van der Waals surface area contributed by atoms with E-state index in [1.807, 2.05) is 47.9 Å². The van der Waals surface area contributed by atoms with Gasteiger partial charge in [-0.1, -0.05) is 66.7 Å². The highest BCUT2D eigenvalue weighted by atomic mass is 16.5. The molecule has 8 heteroatoms. The van der Waals surface area contributed by atoms with Crippen molar-refractivity contribution in [1.82, 2.24) is 9.55 Å². The summed E-state index contributed by atoms with van der Waals surface area (Å²) >= 11 is 0. The highest BCUT2D eigenvalue weighted by molar-refractivity contribution is 6.06. The molecular formula is C31H25N5O3. The Bertz CT molecular complexity index is 1740. The summed E-state index contributed by atoms with van der Waals surface area (Å²) in [6.07, 6.45) is 0. The van der Waals surface area contributed by atoms with Gasteiger partial charge in [0.15, 0.2) is 12.5 Å². The first kappa shape index (κ1) is 24.2. The number of ether oxygens (including phenoxy) is 1. The van der Waals surface area contributed by atoms with Gasteiger partial charge in [0.2, 0.25) is 0 Å². The van der Waals surface area contributed by atoms with Gasteiger partial charge in [-0.15, -0.1) is 5.11 Å². The number of para-hydroxylation sites is 1. The number of fused-ring (bicyclic) bond motifs is 1. The molecule has 1 N–H and O–H groups in total. The third-order valence-electron chi connectivity index (χ3n) is 6.66. The number of rotatable bonds is 8. The van der Waals surface area contributed by atoms with Crippen LogP contribution in [0.4, 0.5) is 0 Å². The van der Waals surface area contributed by atoms with Gasteiger partial charge in [0.1, 0.15) is 0 Å². The Hall–Kier alpha value is -5.11. The van der Waals surface area contributed by atoms with Gasteiger partial charge in [-0.05, 0) is 59.0 Å². The summed E-state index contributed by atoms with van der Waals surface area (Å²) in [5.74, 6) is -0.376. The summed E-state index contributed by atoms with van der Waals surface area (Å²) in [5, 5.41) is 18.1. The fraction of sp³-hybridized carbons (Fsp3) is 0.129. The lowest BCUT2D eigenvalue weighted by Crippen LogP contribution is -2.08. The van der Waals surface area contributed by atoms with Crippen LogP contribution >= 0.6 is 0 Å². The molecule has 0 unspecified atom stereocenters. The first-order chi connectivity index (χ1) is 19.1. The van der Waals surface area contributed by atoms with Gasteiger partial charge in [-0.3, -0.25) is 4.57 Å². The summed E-state index contributed by atoms with van der Waals surface area (Å²) < 4.78 is 7.60. The standard InChI is InChI=1S/C31H25N5O3/c1-2-39-31-34-27-10-6-9-25(30(37)38)28(27)36(31)18-20-11-13-22(14-12-20)26-17-23(21-7-4-3-5-8-21)15-16-24(26)29-32-19-33-35-29/h3-17H,2,18-19H2,1H3,(H,37,38). The number of hydrogen-bond acceptors (Lipinski definition) is 6. The van der Waals surface area contributed by atoms with E-state index in [9.17, 15) is 9.90 Å². The van der Waals surface area contributed by atoms with E-state index in [0.29, 0.717) is 42.7 Å². The lowest BCUT2D eigenvalue weighted by molar-refractivity contribution is 0.0698. The lowest BCUT2D eigenvalue weighted by Gasteiger charge is -2.13. The smallest absolute Gasteiger partial charge is 0.337 e. The SMILES string of the molecule is CCOc1nc2cccc(C(=O)O)c2n1Cc1ccc(-c2cc(-c3ccccc3)ccc2C2=NCN=N2)cc1. The zero-order chi connectivity index (χ0) is 26.8. The fourth-order valence-electron chi connectivity index (χ4n) is 4.85. The van der Waals surface area contributed by atoms with Gasteiger partial charge in [-0.25, -0.2) is 9.79 Å². The minimum Gasteiger partial charge on any atom is -0.478 e. The molecule has 0 amide bonds. The third-order valence-corrected chi connectivity index (χ3v) is 6.66. The molecule has 1 aliphatic rings. The predicted molar refractivity (Wildman–Crippen MR) is 151 cm³/mol. The first-order valence-electron chi connectivity index (χ1n) is 12.7. The molecule has 5 aromatic rings. The number of carboxylic acids is 1. The maximum absolute atomic E-state index is 12.0. The number of aliphatic imine (C=N–C) groups is 1. The summed E-state index contributed by atoms with van der Waals surface area (Å²) in [7, 11) is 0. The second kappa shape index (κ2) is 10.3. The zero-order valence-corrected chi connectivity index (χ0v) is 21.3. The number of nitrogens with zero attached hydrogens (tertiary/aromatic N) is 5. The van der Waals surface area contributed by atoms with Crippen LogP contribution in [0.5, 0.6) is 6.01 Å². The molecule has 1 aromatic heterocycles. The van der Waals surface area contributed by atoms with Crippen molar-refractivity contribution in [3.8, 4) is 28.3 Å². The van der Waals surface area contributed by atoms with Crippen LogP contribution in [0.15, 0.2) is 106 Å². The lowest BCUT2D eigenvalue weighted by atomic mass is 9.93. The van der Waals surface area contributed by atoms with Crippen LogP contribution in [0.1, 0.15) is 28.4 Å². The van der Waals surface area contributed by atoms with Crippen molar-refractivity contribution in [2.75, 3.05) is 13.3 Å². The molecule has 1 aliphatic heterocycles.